The molecule has 9 heteroatoms. The summed E-state index contributed by atoms with van der Waals surface area (Å²) in [5.41, 5.74) is 1.92. The number of rotatable bonds is 12. The van der Waals surface area contributed by atoms with Gasteiger partial charge in [0.1, 0.15) is 12.6 Å². The zero-order chi connectivity index (χ0) is 29.4. The summed E-state index contributed by atoms with van der Waals surface area (Å²) in [5, 5.41) is 4.93. The molecule has 0 aliphatic rings. The van der Waals surface area contributed by atoms with Crippen molar-refractivity contribution in [3.8, 4) is 0 Å². The van der Waals surface area contributed by atoms with Gasteiger partial charge in [-0.2, -0.15) is 0 Å². The van der Waals surface area contributed by atoms with E-state index in [0.29, 0.717) is 28.2 Å². The van der Waals surface area contributed by atoms with E-state index < -0.39 is 28.5 Å². The number of hydrogen-bond acceptors (Lipinski definition) is 4. The highest BCUT2D eigenvalue weighted by atomic mass is 35.5. The van der Waals surface area contributed by atoms with Crippen molar-refractivity contribution in [1.82, 2.24) is 10.2 Å². The maximum absolute atomic E-state index is 14.2. The molecule has 0 heterocycles. The van der Waals surface area contributed by atoms with Gasteiger partial charge in [-0.25, -0.2) is 8.42 Å². The van der Waals surface area contributed by atoms with Crippen LogP contribution in [-0.2, 0) is 32.6 Å². The molecule has 4 aromatic rings. The van der Waals surface area contributed by atoms with Gasteiger partial charge in [-0.15, -0.1) is 0 Å². The maximum Gasteiger partial charge on any atom is 0.244 e. The molecule has 4 aromatic carbocycles. The molecule has 0 spiro atoms. The molecular formula is C32H34ClN3O4S. The van der Waals surface area contributed by atoms with E-state index in [2.05, 4.69) is 5.32 Å². The number of sulfonamides is 1. The lowest BCUT2D eigenvalue weighted by Gasteiger charge is -2.34. The molecule has 0 saturated heterocycles. The highest BCUT2D eigenvalue weighted by Gasteiger charge is 2.33. The maximum atomic E-state index is 14.2. The molecule has 214 valence electrons. The molecule has 0 fully saturated rings. The summed E-state index contributed by atoms with van der Waals surface area (Å²) in [4.78, 5) is 29.3. The quantitative estimate of drug-likeness (QED) is 0.238. The van der Waals surface area contributed by atoms with Crippen LogP contribution in [0.5, 0.6) is 0 Å². The van der Waals surface area contributed by atoms with Crippen LogP contribution >= 0.6 is 11.6 Å². The van der Waals surface area contributed by atoms with E-state index in [1.807, 2.05) is 73.7 Å². The fraction of sp³-hybridized carbons (Fsp3) is 0.250. The van der Waals surface area contributed by atoms with E-state index in [0.717, 1.165) is 27.9 Å². The van der Waals surface area contributed by atoms with Crippen LogP contribution in [-0.4, -0.2) is 50.5 Å². The second-order valence-corrected chi connectivity index (χ2v) is 12.2. The van der Waals surface area contributed by atoms with Crippen LogP contribution < -0.4 is 9.62 Å². The number of amides is 2. The molecule has 0 aromatic heterocycles. The SMILES string of the molecule is CCCNC(=O)[C@@H](Cc1ccccc1)N(Cc1ccccc1Cl)C(=O)CN(c1cccc2ccccc12)S(C)(=O)=O. The first kappa shape index (κ1) is 30.1. The van der Waals surface area contributed by atoms with Gasteiger partial charge in [0.2, 0.25) is 21.8 Å². The summed E-state index contributed by atoms with van der Waals surface area (Å²) in [6.07, 6.45) is 2.06. The molecule has 4 rings (SSSR count). The van der Waals surface area contributed by atoms with Crippen molar-refractivity contribution in [3.63, 3.8) is 0 Å². The van der Waals surface area contributed by atoms with Crippen molar-refractivity contribution in [1.29, 1.82) is 0 Å². The topological polar surface area (TPSA) is 86.8 Å². The fourth-order valence-corrected chi connectivity index (χ4v) is 5.81. The van der Waals surface area contributed by atoms with E-state index >= 15 is 0 Å². The summed E-state index contributed by atoms with van der Waals surface area (Å²) in [6, 6.07) is 28.4. The van der Waals surface area contributed by atoms with Gasteiger partial charge in [-0.1, -0.05) is 103 Å². The van der Waals surface area contributed by atoms with Gasteiger partial charge in [-0.3, -0.25) is 13.9 Å². The monoisotopic (exact) mass is 591 g/mol. The highest BCUT2D eigenvalue weighted by Crippen LogP contribution is 2.29. The first-order valence-electron chi connectivity index (χ1n) is 13.5. The third-order valence-electron chi connectivity index (χ3n) is 6.83. The summed E-state index contributed by atoms with van der Waals surface area (Å²) >= 11 is 6.50. The first-order valence-corrected chi connectivity index (χ1v) is 15.7. The molecule has 0 radical (unpaired) electrons. The Kier molecular flexibility index (Phi) is 10.0. The van der Waals surface area contributed by atoms with E-state index in [1.54, 1.807) is 30.3 Å². The number of nitrogens with one attached hydrogen (secondary N) is 1. The standard InChI is InChI=1S/C32H34ClN3O4S/c1-3-20-34-32(38)30(21-24-12-5-4-6-13-24)35(22-26-15-8-10-18-28(26)33)31(37)23-36(41(2,39)40)29-19-11-16-25-14-7-9-17-27(25)29/h4-19,30H,3,20-23H2,1-2H3,(H,34,38)/t30-/m1/s1. The number of anilines is 1. The molecule has 1 N–H and O–H groups in total. The largest absolute Gasteiger partial charge is 0.354 e. The molecule has 0 saturated carbocycles. The van der Waals surface area contributed by atoms with E-state index in [9.17, 15) is 18.0 Å². The lowest BCUT2D eigenvalue weighted by molar-refractivity contribution is -0.140. The summed E-state index contributed by atoms with van der Waals surface area (Å²) in [6.45, 7) is 1.95. The Morgan fingerprint density at radius 3 is 2.24 bits per heavy atom. The molecule has 41 heavy (non-hydrogen) atoms. The lowest BCUT2D eigenvalue weighted by Crippen LogP contribution is -2.53. The van der Waals surface area contributed by atoms with E-state index in [-0.39, 0.29) is 18.9 Å². The molecule has 0 unspecified atom stereocenters. The van der Waals surface area contributed by atoms with Crippen LogP contribution in [0.2, 0.25) is 5.02 Å². The van der Waals surface area contributed by atoms with Crippen molar-refractivity contribution in [2.45, 2.75) is 32.4 Å². The minimum absolute atomic E-state index is 0.0304. The third-order valence-corrected chi connectivity index (χ3v) is 8.33. The van der Waals surface area contributed by atoms with Crippen LogP contribution in [0, 0.1) is 0 Å². The van der Waals surface area contributed by atoms with E-state index in [4.69, 9.17) is 11.6 Å². The minimum Gasteiger partial charge on any atom is -0.354 e. The summed E-state index contributed by atoms with van der Waals surface area (Å²) in [7, 11) is -3.88. The Morgan fingerprint density at radius 2 is 1.54 bits per heavy atom. The molecule has 2 amide bonds. The van der Waals surface area contributed by atoms with Crippen molar-refractivity contribution < 1.29 is 18.0 Å². The van der Waals surface area contributed by atoms with E-state index in [1.165, 1.54) is 4.90 Å². The highest BCUT2D eigenvalue weighted by molar-refractivity contribution is 7.92. The number of carbonyl (C=O) groups excluding carboxylic acids is 2. The number of nitrogens with zero attached hydrogens (tertiary/aromatic N) is 2. The van der Waals surface area contributed by atoms with Gasteiger partial charge in [0.25, 0.3) is 0 Å². The molecular weight excluding hydrogens is 558 g/mol. The predicted molar refractivity (Wildman–Crippen MR) is 165 cm³/mol. The normalized spacial score (nSPS) is 12.1. The molecule has 7 nitrogen and oxygen atoms in total. The Labute approximate surface area is 246 Å². The first-order chi connectivity index (χ1) is 19.7. The third kappa shape index (κ3) is 7.65. The van der Waals surface area contributed by atoms with Crippen LogP contribution in [0.15, 0.2) is 97.1 Å². The Balaban J connectivity index is 1.78. The number of carbonyl (C=O) groups is 2. The van der Waals surface area contributed by atoms with Gasteiger partial charge in [0.05, 0.1) is 11.9 Å². The van der Waals surface area contributed by atoms with Crippen molar-refractivity contribution in [3.05, 3.63) is 113 Å². The number of hydrogen-bond donors (Lipinski definition) is 1. The molecule has 0 aliphatic heterocycles. The number of halogens is 1. The van der Waals surface area contributed by atoms with Gasteiger partial charge in [-0.05, 0) is 35.1 Å². The van der Waals surface area contributed by atoms with Crippen molar-refractivity contribution >= 4 is 49.9 Å². The summed E-state index contributed by atoms with van der Waals surface area (Å²) in [5.74, 6) is -0.831. The Bertz CT molecular complexity index is 1610. The number of benzene rings is 4. The zero-order valence-corrected chi connectivity index (χ0v) is 24.7. The second kappa shape index (κ2) is 13.7. The van der Waals surface area contributed by atoms with Crippen LogP contribution in [0.1, 0.15) is 24.5 Å². The average Bonchev–Trinajstić information content (AvgIpc) is 2.97. The number of fused-ring (bicyclic) bond motifs is 1. The molecule has 0 aliphatic carbocycles. The average molecular weight is 592 g/mol. The van der Waals surface area contributed by atoms with Gasteiger partial charge in [0.15, 0.2) is 0 Å². The second-order valence-electron chi connectivity index (χ2n) is 9.88. The van der Waals surface area contributed by atoms with Gasteiger partial charge in [0, 0.05) is 29.9 Å². The van der Waals surface area contributed by atoms with Crippen LogP contribution in [0.25, 0.3) is 10.8 Å². The molecule has 1 atom stereocenters. The lowest BCUT2D eigenvalue weighted by atomic mass is 10.0. The Morgan fingerprint density at radius 1 is 0.878 bits per heavy atom. The smallest absolute Gasteiger partial charge is 0.244 e. The van der Waals surface area contributed by atoms with Crippen LogP contribution in [0.3, 0.4) is 0 Å². The van der Waals surface area contributed by atoms with Crippen molar-refractivity contribution in [2.24, 2.45) is 0 Å². The predicted octanol–water partition coefficient (Wildman–Crippen LogP) is 5.43. The zero-order valence-electron chi connectivity index (χ0n) is 23.2. The Hall–Kier alpha value is -3.88. The fourth-order valence-electron chi connectivity index (χ4n) is 4.75. The van der Waals surface area contributed by atoms with Gasteiger partial charge >= 0.3 is 0 Å². The van der Waals surface area contributed by atoms with Gasteiger partial charge < -0.3 is 10.2 Å². The van der Waals surface area contributed by atoms with Crippen molar-refractivity contribution in [2.75, 3.05) is 23.7 Å². The minimum atomic E-state index is -3.88. The van der Waals surface area contributed by atoms with Crippen LogP contribution in [0.4, 0.5) is 5.69 Å². The molecule has 0 bridgehead atoms. The summed E-state index contributed by atoms with van der Waals surface area (Å²) < 4.78 is 27.4.